The highest BCUT2D eigenvalue weighted by atomic mass is 16.5. The molecule has 0 aliphatic heterocycles. The Balaban J connectivity index is 3.19. The largest absolute Gasteiger partial charge is 0.504 e. The van der Waals surface area contributed by atoms with Crippen LogP contribution in [-0.2, 0) is 6.42 Å². The van der Waals surface area contributed by atoms with Crippen LogP contribution in [0.25, 0.3) is 0 Å². The van der Waals surface area contributed by atoms with Gasteiger partial charge in [-0.2, -0.15) is 0 Å². The standard InChI is InChI=1S/C9H12O3/c1-3-6-4-7(10)9(11)8(5-6)12-2/h4-5,10-11H,3H2,1-2H3. The number of hydrogen-bond acceptors (Lipinski definition) is 3. The third kappa shape index (κ3) is 1.44. The lowest BCUT2D eigenvalue weighted by atomic mass is 10.1. The number of hydrogen-bond donors (Lipinski definition) is 2. The molecule has 2 N–H and O–H groups in total. The molecule has 0 aliphatic rings. The lowest BCUT2D eigenvalue weighted by molar-refractivity contribution is 0.350. The Labute approximate surface area is 71.2 Å². The number of ether oxygens (including phenoxy) is 1. The molecule has 0 fully saturated rings. The molecule has 3 nitrogen and oxygen atoms in total. The van der Waals surface area contributed by atoms with E-state index in [0.717, 1.165) is 12.0 Å². The maximum Gasteiger partial charge on any atom is 0.200 e. The molecule has 0 aliphatic carbocycles. The van der Waals surface area contributed by atoms with Gasteiger partial charge in [-0.15, -0.1) is 0 Å². The van der Waals surface area contributed by atoms with E-state index in [0.29, 0.717) is 5.75 Å². The average Bonchev–Trinajstić information content (AvgIpc) is 2.09. The normalized spacial score (nSPS) is 9.83. The molecule has 1 aromatic rings. The Morgan fingerprint density at radius 1 is 1.33 bits per heavy atom. The van der Waals surface area contributed by atoms with Crippen molar-refractivity contribution in [3.05, 3.63) is 17.7 Å². The molecule has 0 spiro atoms. The number of aryl methyl sites for hydroxylation is 1. The van der Waals surface area contributed by atoms with Crippen molar-refractivity contribution in [1.82, 2.24) is 0 Å². The van der Waals surface area contributed by atoms with E-state index >= 15 is 0 Å². The van der Waals surface area contributed by atoms with Gasteiger partial charge < -0.3 is 14.9 Å². The second-order valence-corrected chi connectivity index (χ2v) is 2.52. The predicted molar refractivity (Wildman–Crippen MR) is 45.7 cm³/mol. The first kappa shape index (κ1) is 8.71. The zero-order chi connectivity index (χ0) is 9.14. The van der Waals surface area contributed by atoms with Crippen molar-refractivity contribution in [3.63, 3.8) is 0 Å². The van der Waals surface area contributed by atoms with E-state index in [2.05, 4.69) is 0 Å². The SMILES string of the molecule is CCc1cc(O)c(O)c(OC)c1. The number of methoxy groups -OCH3 is 1. The van der Waals surface area contributed by atoms with Crippen molar-refractivity contribution in [1.29, 1.82) is 0 Å². The highest BCUT2D eigenvalue weighted by Crippen LogP contribution is 2.36. The molecular formula is C9H12O3. The topological polar surface area (TPSA) is 49.7 Å². The predicted octanol–water partition coefficient (Wildman–Crippen LogP) is 1.67. The molecule has 0 saturated carbocycles. The van der Waals surface area contributed by atoms with Crippen LogP contribution < -0.4 is 4.74 Å². The van der Waals surface area contributed by atoms with Crippen LogP contribution in [0.2, 0.25) is 0 Å². The third-order valence-electron chi connectivity index (χ3n) is 1.74. The summed E-state index contributed by atoms with van der Waals surface area (Å²) in [6.45, 7) is 1.96. The van der Waals surface area contributed by atoms with Crippen LogP contribution in [0.4, 0.5) is 0 Å². The summed E-state index contributed by atoms with van der Waals surface area (Å²) in [7, 11) is 1.45. The Bertz CT molecular complexity index is 281. The van der Waals surface area contributed by atoms with Crippen LogP contribution in [0, 0.1) is 0 Å². The van der Waals surface area contributed by atoms with Crippen LogP contribution in [-0.4, -0.2) is 17.3 Å². The Hall–Kier alpha value is -1.38. The molecule has 1 aromatic carbocycles. The lowest BCUT2D eigenvalue weighted by Gasteiger charge is -2.06. The van der Waals surface area contributed by atoms with Crippen LogP contribution in [0.3, 0.4) is 0 Å². The van der Waals surface area contributed by atoms with Crippen molar-refractivity contribution in [3.8, 4) is 17.2 Å². The van der Waals surface area contributed by atoms with E-state index in [-0.39, 0.29) is 11.5 Å². The van der Waals surface area contributed by atoms with Gasteiger partial charge in [0.15, 0.2) is 11.5 Å². The minimum absolute atomic E-state index is 0.133. The summed E-state index contributed by atoms with van der Waals surface area (Å²) >= 11 is 0. The summed E-state index contributed by atoms with van der Waals surface area (Å²) in [5.74, 6) is -0.0206. The van der Waals surface area contributed by atoms with E-state index < -0.39 is 0 Å². The van der Waals surface area contributed by atoms with Gasteiger partial charge in [-0.1, -0.05) is 6.92 Å². The fourth-order valence-corrected chi connectivity index (χ4v) is 1.01. The highest BCUT2D eigenvalue weighted by Gasteiger charge is 2.07. The van der Waals surface area contributed by atoms with Crippen LogP contribution >= 0.6 is 0 Å². The summed E-state index contributed by atoms with van der Waals surface area (Å²) in [5, 5.41) is 18.5. The summed E-state index contributed by atoms with van der Waals surface area (Å²) in [4.78, 5) is 0. The van der Waals surface area contributed by atoms with Gasteiger partial charge in [0.25, 0.3) is 0 Å². The quantitative estimate of drug-likeness (QED) is 0.660. The van der Waals surface area contributed by atoms with E-state index in [4.69, 9.17) is 4.74 Å². The van der Waals surface area contributed by atoms with Gasteiger partial charge >= 0.3 is 0 Å². The molecule has 1 rings (SSSR count). The molecule has 0 bridgehead atoms. The van der Waals surface area contributed by atoms with Crippen molar-refractivity contribution >= 4 is 0 Å². The van der Waals surface area contributed by atoms with E-state index in [1.54, 1.807) is 6.07 Å². The molecule has 0 saturated heterocycles. The fraction of sp³-hybridized carbons (Fsp3) is 0.333. The van der Waals surface area contributed by atoms with Gasteiger partial charge in [-0.05, 0) is 24.1 Å². The fourth-order valence-electron chi connectivity index (χ4n) is 1.01. The first-order valence-corrected chi connectivity index (χ1v) is 3.77. The molecular weight excluding hydrogens is 156 g/mol. The van der Waals surface area contributed by atoms with E-state index in [1.165, 1.54) is 13.2 Å². The molecule has 0 unspecified atom stereocenters. The molecule has 3 heteroatoms. The van der Waals surface area contributed by atoms with Crippen LogP contribution in [0.1, 0.15) is 12.5 Å². The number of benzene rings is 1. The van der Waals surface area contributed by atoms with Crippen LogP contribution in [0.15, 0.2) is 12.1 Å². The van der Waals surface area contributed by atoms with Crippen LogP contribution in [0.5, 0.6) is 17.2 Å². The maximum atomic E-state index is 9.24. The molecule has 0 heterocycles. The van der Waals surface area contributed by atoms with E-state index in [9.17, 15) is 10.2 Å². The number of aromatic hydroxyl groups is 2. The minimum atomic E-state index is -0.199. The van der Waals surface area contributed by atoms with Gasteiger partial charge in [0.1, 0.15) is 0 Å². The lowest BCUT2D eigenvalue weighted by Crippen LogP contribution is -1.87. The summed E-state index contributed by atoms with van der Waals surface area (Å²) in [6.07, 6.45) is 0.796. The zero-order valence-corrected chi connectivity index (χ0v) is 7.16. The zero-order valence-electron chi connectivity index (χ0n) is 7.16. The summed E-state index contributed by atoms with van der Waals surface area (Å²) in [5.41, 5.74) is 0.933. The molecule has 0 radical (unpaired) electrons. The van der Waals surface area contributed by atoms with Gasteiger partial charge in [0, 0.05) is 0 Å². The Morgan fingerprint density at radius 3 is 2.50 bits per heavy atom. The van der Waals surface area contributed by atoms with Gasteiger partial charge in [0.2, 0.25) is 5.75 Å². The number of phenols is 2. The van der Waals surface area contributed by atoms with Gasteiger partial charge in [-0.25, -0.2) is 0 Å². The molecule has 66 valence electrons. The number of phenolic OH excluding ortho intramolecular Hbond substituents is 2. The monoisotopic (exact) mass is 168 g/mol. The highest BCUT2D eigenvalue weighted by molar-refractivity contribution is 5.51. The molecule has 0 aromatic heterocycles. The van der Waals surface area contributed by atoms with Crippen molar-refractivity contribution < 1.29 is 14.9 Å². The van der Waals surface area contributed by atoms with Gasteiger partial charge in [-0.3, -0.25) is 0 Å². The van der Waals surface area contributed by atoms with Crippen molar-refractivity contribution in [2.45, 2.75) is 13.3 Å². The van der Waals surface area contributed by atoms with Crippen molar-refractivity contribution in [2.24, 2.45) is 0 Å². The Kier molecular flexibility index (Phi) is 2.43. The summed E-state index contributed by atoms with van der Waals surface area (Å²) < 4.78 is 4.86. The second kappa shape index (κ2) is 3.34. The smallest absolute Gasteiger partial charge is 0.200 e. The number of rotatable bonds is 2. The van der Waals surface area contributed by atoms with Gasteiger partial charge in [0.05, 0.1) is 7.11 Å². The average molecular weight is 168 g/mol. The van der Waals surface area contributed by atoms with E-state index in [1.807, 2.05) is 6.92 Å². The maximum absolute atomic E-state index is 9.24. The first-order chi connectivity index (χ1) is 5.69. The third-order valence-corrected chi connectivity index (χ3v) is 1.74. The molecule has 0 atom stereocenters. The second-order valence-electron chi connectivity index (χ2n) is 2.52. The first-order valence-electron chi connectivity index (χ1n) is 3.77. The Morgan fingerprint density at radius 2 is 2.00 bits per heavy atom. The van der Waals surface area contributed by atoms with Crippen molar-refractivity contribution in [2.75, 3.05) is 7.11 Å². The minimum Gasteiger partial charge on any atom is -0.504 e. The molecule has 12 heavy (non-hydrogen) atoms. The summed E-state index contributed by atoms with van der Waals surface area (Å²) in [6, 6.07) is 3.23. The molecule has 0 amide bonds.